The first-order valence-corrected chi connectivity index (χ1v) is 9.71. The third-order valence-electron chi connectivity index (χ3n) is 5.11. The summed E-state index contributed by atoms with van der Waals surface area (Å²) in [5, 5.41) is 16.3. The summed E-state index contributed by atoms with van der Waals surface area (Å²) in [6.45, 7) is 0. The van der Waals surface area contributed by atoms with Crippen LogP contribution in [0.3, 0.4) is 0 Å². The van der Waals surface area contributed by atoms with E-state index in [-0.39, 0.29) is 11.9 Å². The normalized spacial score (nSPS) is 19.1. The van der Waals surface area contributed by atoms with Gasteiger partial charge in [0.05, 0.1) is 0 Å². The van der Waals surface area contributed by atoms with Crippen molar-refractivity contribution in [1.82, 2.24) is 14.7 Å². The standard InChI is InChI=1S/C21H20ClN5O/c22-15-4-1-3-14(11-15)21(28)26-17-9-7-16(8-10-17)24-19-5-2-6-20-25-18(12-23)13-27(19)20/h1-6,11,13,16-17,24H,7-10H2,(H,26,28). The molecule has 0 spiro atoms. The molecule has 1 aromatic carbocycles. The van der Waals surface area contributed by atoms with Crippen LogP contribution in [-0.4, -0.2) is 27.4 Å². The second-order valence-electron chi connectivity index (χ2n) is 7.05. The summed E-state index contributed by atoms with van der Waals surface area (Å²) in [6, 6.07) is 15.4. The molecule has 1 aliphatic carbocycles. The third kappa shape index (κ3) is 3.95. The molecular weight excluding hydrogens is 374 g/mol. The summed E-state index contributed by atoms with van der Waals surface area (Å²) in [6.07, 6.45) is 5.47. The average molecular weight is 394 g/mol. The van der Waals surface area contributed by atoms with Crippen LogP contribution in [-0.2, 0) is 0 Å². The zero-order chi connectivity index (χ0) is 19.5. The van der Waals surface area contributed by atoms with Gasteiger partial charge in [-0.1, -0.05) is 23.7 Å². The van der Waals surface area contributed by atoms with E-state index >= 15 is 0 Å². The third-order valence-corrected chi connectivity index (χ3v) is 5.34. The number of nitrogens with one attached hydrogen (secondary N) is 2. The predicted octanol–water partition coefficient (Wildman–Crippen LogP) is 4.01. The molecule has 2 aromatic heterocycles. The number of rotatable bonds is 4. The van der Waals surface area contributed by atoms with Crippen LogP contribution in [0.4, 0.5) is 5.82 Å². The number of imidazole rings is 1. The van der Waals surface area contributed by atoms with Crippen molar-refractivity contribution < 1.29 is 4.79 Å². The maximum Gasteiger partial charge on any atom is 0.251 e. The Morgan fingerprint density at radius 2 is 1.89 bits per heavy atom. The fraction of sp³-hybridized carbons (Fsp3) is 0.286. The van der Waals surface area contributed by atoms with E-state index in [9.17, 15) is 4.79 Å². The van der Waals surface area contributed by atoms with Gasteiger partial charge in [0.15, 0.2) is 5.69 Å². The lowest BCUT2D eigenvalue weighted by molar-refractivity contribution is 0.0926. The van der Waals surface area contributed by atoms with Gasteiger partial charge in [-0.25, -0.2) is 4.98 Å². The molecule has 0 atom stereocenters. The van der Waals surface area contributed by atoms with Crippen LogP contribution in [0.2, 0.25) is 5.02 Å². The summed E-state index contributed by atoms with van der Waals surface area (Å²) in [5.74, 6) is 0.851. The van der Waals surface area contributed by atoms with Crippen LogP contribution in [0.15, 0.2) is 48.7 Å². The van der Waals surface area contributed by atoms with E-state index < -0.39 is 0 Å². The van der Waals surface area contributed by atoms with Gasteiger partial charge in [0, 0.05) is 28.9 Å². The van der Waals surface area contributed by atoms with Gasteiger partial charge < -0.3 is 10.6 Å². The Bertz CT molecular complexity index is 1050. The van der Waals surface area contributed by atoms with Crippen LogP contribution < -0.4 is 10.6 Å². The highest BCUT2D eigenvalue weighted by Gasteiger charge is 2.23. The Morgan fingerprint density at radius 1 is 1.14 bits per heavy atom. The van der Waals surface area contributed by atoms with Gasteiger partial charge in [-0.3, -0.25) is 9.20 Å². The van der Waals surface area contributed by atoms with Gasteiger partial charge in [-0.15, -0.1) is 0 Å². The minimum Gasteiger partial charge on any atom is -0.368 e. The summed E-state index contributed by atoms with van der Waals surface area (Å²) in [4.78, 5) is 16.7. The van der Waals surface area contributed by atoms with Crippen molar-refractivity contribution >= 4 is 29.0 Å². The molecule has 1 saturated carbocycles. The SMILES string of the molecule is N#Cc1cn2c(NC3CCC(NC(=O)c4cccc(Cl)c4)CC3)cccc2n1. The molecule has 142 valence electrons. The van der Waals surface area contributed by atoms with Gasteiger partial charge in [0.25, 0.3) is 5.91 Å². The Labute approximate surface area is 168 Å². The minimum atomic E-state index is -0.0777. The van der Waals surface area contributed by atoms with Crippen molar-refractivity contribution in [2.45, 2.75) is 37.8 Å². The number of nitriles is 1. The first-order chi connectivity index (χ1) is 13.6. The molecule has 2 heterocycles. The van der Waals surface area contributed by atoms with E-state index in [0.717, 1.165) is 37.1 Å². The van der Waals surface area contributed by atoms with E-state index in [4.69, 9.17) is 16.9 Å². The highest BCUT2D eigenvalue weighted by molar-refractivity contribution is 6.30. The highest BCUT2D eigenvalue weighted by Crippen LogP contribution is 2.23. The van der Waals surface area contributed by atoms with Crippen LogP contribution in [0.1, 0.15) is 41.7 Å². The fourth-order valence-corrected chi connectivity index (χ4v) is 3.86. The van der Waals surface area contributed by atoms with Gasteiger partial charge in [-0.05, 0) is 56.0 Å². The van der Waals surface area contributed by atoms with E-state index in [1.54, 1.807) is 30.5 Å². The zero-order valence-corrected chi connectivity index (χ0v) is 16.0. The van der Waals surface area contributed by atoms with E-state index in [0.29, 0.717) is 22.3 Å². The summed E-state index contributed by atoms with van der Waals surface area (Å²) >= 11 is 5.97. The number of carbonyl (C=O) groups is 1. The topological polar surface area (TPSA) is 82.2 Å². The largest absolute Gasteiger partial charge is 0.368 e. The molecule has 0 saturated heterocycles. The number of pyridine rings is 1. The van der Waals surface area contributed by atoms with Crippen LogP contribution >= 0.6 is 11.6 Å². The molecule has 0 unspecified atom stereocenters. The van der Waals surface area contributed by atoms with E-state index in [1.807, 2.05) is 22.6 Å². The Kier molecular flexibility index (Phi) is 5.18. The average Bonchev–Trinajstić information content (AvgIpc) is 3.14. The highest BCUT2D eigenvalue weighted by atomic mass is 35.5. The first kappa shape index (κ1) is 18.3. The molecule has 4 rings (SSSR count). The van der Waals surface area contributed by atoms with Crippen LogP contribution in [0.25, 0.3) is 5.65 Å². The first-order valence-electron chi connectivity index (χ1n) is 9.33. The number of halogens is 1. The van der Waals surface area contributed by atoms with Crippen LogP contribution in [0, 0.1) is 11.3 Å². The van der Waals surface area contributed by atoms with Crippen LogP contribution in [0.5, 0.6) is 0 Å². The zero-order valence-electron chi connectivity index (χ0n) is 15.2. The molecule has 28 heavy (non-hydrogen) atoms. The monoisotopic (exact) mass is 393 g/mol. The maximum absolute atomic E-state index is 12.4. The molecule has 0 bridgehead atoms. The van der Waals surface area contributed by atoms with Gasteiger partial charge in [0.2, 0.25) is 0 Å². The lowest BCUT2D eigenvalue weighted by Gasteiger charge is -2.30. The van der Waals surface area contributed by atoms with Gasteiger partial charge >= 0.3 is 0 Å². The van der Waals surface area contributed by atoms with Gasteiger partial charge in [0.1, 0.15) is 17.5 Å². The number of amides is 1. The second-order valence-corrected chi connectivity index (χ2v) is 7.49. The summed E-state index contributed by atoms with van der Waals surface area (Å²) < 4.78 is 1.91. The fourth-order valence-electron chi connectivity index (χ4n) is 3.67. The van der Waals surface area contributed by atoms with E-state index in [2.05, 4.69) is 21.7 Å². The molecular formula is C21H20ClN5O. The van der Waals surface area contributed by atoms with Crippen molar-refractivity contribution in [3.63, 3.8) is 0 Å². The lowest BCUT2D eigenvalue weighted by atomic mass is 9.91. The molecule has 6 nitrogen and oxygen atoms in total. The number of hydrogen-bond donors (Lipinski definition) is 2. The van der Waals surface area contributed by atoms with Gasteiger partial charge in [-0.2, -0.15) is 5.26 Å². The Morgan fingerprint density at radius 3 is 2.64 bits per heavy atom. The number of anilines is 1. The molecule has 2 N–H and O–H groups in total. The van der Waals surface area contributed by atoms with Crippen molar-refractivity contribution in [3.8, 4) is 6.07 Å². The number of benzene rings is 1. The number of aromatic nitrogens is 2. The maximum atomic E-state index is 12.4. The molecule has 3 aromatic rings. The number of hydrogen-bond acceptors (Lipinski definition) is 4. The Balaban J connectivity index is 1.35. The molecule has 0 aliphatic heterocycles. The van der Waals surface area contributed by atoms with Crippen molar-refractivity contribution in [3.05, 3.63) is 64.9 Å². The molecule has 1 amide bonds. The smallest absolute Gasteiger partial charge is 0.251 e. The van der Waals surface area contributed by atoms with Crippen molar-refractivity contribution in [2.24, 2.45) is 0 Å². The Hall–Kier alpha value is -3.04. The number of nitrogens with zero attached hydrogens (tertiary/aromatic N) is 3. The predicted molar refractivity (Wildman–Crippen MR) is 108 cm³/mol. The lowest BCUT2D eigenvalue weighted by Crippen LogP contribution is -2.40. The second kappa shape index (κ2) is 7.91. The quantitative estimate of drug-likeness (QED) is 0.701. The molecule has 7 heteroatoms. The minimum absolute atomic E-state index is 0.0777. The molecule has 1 fully saturated rings. The number of fused-ring (bicyclic) bond motifs is 1. The molecule has 0 radical (unpaired) electrons. The number of carbonyl (C=O) groups excluding carboxylic acids is 1. The molecule has 1 aliphatic rings. The van der Waals surface area contributed by atoms with E-state index in [1.165, 1.54) is 0 Å². The van der Waals surface area contributed by atoms with Crippen molar-refractivity contribution in [2.75, 3.05) is 5.32 Å². The van der Waals surface area contributed by atoms with Crippen molar-refractivity contribution in [1.29, 1.82) is 5.26 Å². The summed E-state index contributed by atoms with van der Waals surface area (Å²) in [7, 11) is 0. The summed E-state index contributed by atoms with van der Waals surface area (Å²) in [5.41, 5.74) is 1.75.